The number of carbonyl (C=O) groups is 1. The van der Waals surface area contributed by atoms with E-state index in [2.05, 4.69) is 4.98 Å². The Bertz CT molecular complexity index is 599. The maximum atomic E-state index is 11.1. The highest BCUT2D eigenvalue weighted by atomic mass is 35.5. The van der Waals surface area contributed by atoms with Crippen LogP contribution >= 0.6 is 23.4 Å². The maximum absolute atomic E-state index is 11.1. The molecule has 5 heteroatoms. The monoisotopic (exact) mass is 293 g/mol. The van der Waals surface area contributed by atoms with E-state index in [1.165, 1.54) is 0 Å². The second-order valence-electron chi connectivity index (χ2n) is 4.06. The van der Waals surface area contributed by atoms with Crippen molar-refractivity contribution in [2.45, 2.75) is 17.6 Å². The van der Waals surface area contributed by atoms with Gasteiger partial charge in [0.05, 0.1) is 5.56 Å². The summed E-state index contributed by atoms with van der Waals surface area (Å²) in [4.78, 5) is 16.0. The zero-order valence-electron chi connectivity index (χ0n) is 10.3. The first-order valence-electron chi connectivity index (χ1n) is 5.63. The summed E-state index contributed by atoms with van der Waals surface area (Å²) < 4.78 is 0. The van der Waals surface area contributed by atoms with Gasteiger partial charge in [0.15, 0.2) is 0 Å². The Hall–Kier alpha value is -1.52. The van der Waals surface area contributed by atoms with E-state index < -0.39 is 5.97 Å². The van der Waals surface area contributed by atoms with E-state index in [0.717, 1.165) is 21.8 Å². The van der Waals surface area contributed by atoms with Crippen molar-refractivity contribution in [2.24, 2.45) is 0 Å². The van der Waals surface area contributed by atoms with Crippen molar-refractivity contribution in [1.29, 1.82) is 0 Å². The number of nitrogens with zero attached hydrogens (tertiary/aromatic N) is 1. The molecule has 19 heavy (non-hydrogen) atoms. The predicted octanol–water partition coefficient (Wildman–Crippen LogP) is 4.03. The molecule has 0 bridgehead atoms. The number of hydrogen-bond acceptors (Lipinski definition) is 3. The number of aromatic carboxylic acids is 1. The van der Waals surface area contributed by atoms with E-state index in [1.807, 2.05) is 18.2 Å². The van der Waals surface area contributed by atoms with E-state index in [0.29, 0.717) is 10.7 Å². The lowest BCUT2D eigenvalue weighted by Crippen LogP contribution is -1.99. The highest BCUT2D eigenvalue weighted by molar-refractivity contribution is 7.98. The fourth-order valence-corrected chi connectivity index (χ4v) is 2.56. The largest absolute Gasteiger partial charge is 0.478 e. The lowest BCUT2D eigenvalue weighted by atomic mass is 10.1. The van der Waals surface area contributed by atoms with Crippen molar-refractivity contribution >= 4 is 29.3 Å². The molecule has 0 spiro atoms. The SMILES string of the molecule is Cc1ccc(SCc2ccc(Cl)nc2)cc1C(=O)O. The highest BCUT2D eigenvalue weighted by Gasteiger charge is 2.08. The number of hydrogen-bond donors (Lipinski definition) is 1. The van der Waals surface area contributed by atoms with Crippen molar-refractivity contribution in [2.75, 3.05) is 0 Å². The molecule has 0 unspecified atom stereocenters. The lowest BCUT2D eigenvalue weighted by Gasteiger charge is -2.05. The minimum absolute atomic E-state index is 0.347. The topological polar surface area (TPSA) is 50.2 Å². The molecule has 1 heterocycles. The molecular weight excluding hydrogens is 282 g/mol. The van der Waals surface area contributed by atoms with Gasteiger partial charge in [0.25, 0.3) is 0 Å². The molecule has 0 aliphatic heterocycles. The Labute approximate surface area is 120 Å². The van der Waals surface area contributed by atoms with Gasteiger partial charge in [-0.3, -0.25) is 0 Å². The zero-order chi connectivity index (χ0) is 13.8. The average molecular weight is 294 g/mol. The normalized spacial score (nSPS) is 10.4. The second kappa shape index (κ2) is 6.08. The van der Waals surface area contributed by atoms with Crippen LogP contribution < -0.4 is 0 Å². The molecule has 0 atom stereocenters. The second-order valence-corrected chi connectivity index (χ2v) is 5.50. The molecule has 0 saturated heterocycles. The number of carboxylic acid groups (broad SMARTS) is 1. The van der Waals surface area contributed by atoms with Crippen molar-refractivity contribution in [1.82, 2.24) is 4.98 Å². The summed E-state index contributed by atoms with van der Waals surface area (Å²) in [5, 5.41) is 9.54. The Balaban J connectivity index is 2.09. The maximum Gasteiger partial charge on any atom is 0.335 e. The van der Waals surface area contributed by atoms with E-state index in [-0.39, 0.29) is 0 Å². The smallest absolute Gasteiger partial charge is 0.335 e. The molecule has 1 aromatic carbocycles. The first-order chi connectivity index (χ1) is 9.06. The third-order valence-electron chi connectivity index (χ3n) is 2.63. The van der Waals surface area contributed by atoms with E-state index >= 15 is 0 Å². The number of rotatable bonds is 4. The van der Waals surface area contributed by atoms with Gasteiger partial charge in [-0.25, -0.2) is 9.78 Å². The van der Waals surface area contributed by atoms with Gasteiger partial charge in [0.2, 0.25) is 0 Å². The highest BCUT2D eigenvalue weighted by Crippen LogP contribution is 2.25. The van der Waals surface area contributed by atoms with Gasteiger partial charge >= 0.3 is 5.97 Å². The van der Waals surface area contributed by atoms with Crippen LogP contribution in [0.25, 0.3) is 0 Å². The molecule has 0 amide bonds. The zero-order valence-corrected chi connectivity index (χ0v) is 11.8. The summed E-state index contributed by atoms with van der Waals surface area (Å²) in [7, 11) is 0. The molecular formula is C14H12ClNO2S. The number of halogens is 1. The lowest BCUT2D eigenvalue weighted by molar-refractivity contribution is 0.0696. The number of benzene rings is 1. The van der Waals surface area contributed by atoms with Crippen LogP contribution in [-0.2, 0) is 5.75 Å². The average Bonchev–Trinajstić information content (AvgIpc) is 2.39. The van der Waals surface area contributed by atoms with Crippen molar-refractivity contribution in [3.05, 3.63) is 58.4 Å². The summed E-state index contributed by atoms with van der Waals surface area (Å²) >= 11 is 7.29. The molecule has 2 rings (SSSR count). The van der Waals surface area contributed by atoms with Crippen molar-refractivity contribution in [3.8, 4) is 0 Å². The molecule has 0 fully saturated rings. The third kappa shape index (κ3) is 3.72. The number of thioether (sulfide) groups is 1. The Morgan fingerprint density at radius 1 is 1.37 bits per heavy atom. The molecule has 98 valence electrons. The molecule has 2 aromatic rings. The van der Waals surface area contributed by atoms with Gasteiger partial charge in [-0.15, -0.1) is 11.8 Å². The summed E-state index contributed by atoms with van der Waals surface area (Å²) in [5.74, 6) is -0.167. The number of carboxylic acids is 1. The van der Waals surface area contributed by atoms with Gasteiger partial charge in [-0.2, -0.15) is 0 Å². The van der Waals surface area contributed by atoms with Gasteiger partial charge in [0, 0.05) is 16.8 Å². The van der Waals surface area contributed by atoms with Crippen molar-refractivity contribution < 1.29 is 9.90 Å². The minimum atomic E-state index is -0.895. The van der Waals surface area contributed by atoms with Crippen LogP contribution in [0.2, 0.25) is 5.15 Å². The molecule has 3 nitrogen and oxygen atoms in total. The van der Waals surface area contributed by atoms with Crippen LogP contribution in [0.15, 0.2) is 41.4 Å². The number of pyridine rings is 1. The number of aromatic nitrogens is 1. The van der Waals surface area contributed by atoms with E-state index in [9.17, 15) is 4.79 Å². The van der Waals surface area contributed by atoms with Gasteiger partial charge < -0.3 is 5.11 Å². The van der Waals surface area contributed by atoms with Crippen LogP contribution in [0.4, 0.5) is 0 Å². The number of aryl methyl sites for hydroxylation is 1. The van der Waals surface area contributed by atoms with Crippen LogP contribution in [0.5, 0.6) is 0 Å². The molecule has 0 aliphatic carbocycles. The molecule has 0 aliphatic rings. The Morgan fingerprint density at radius 2 is 2.16 bits per heavy atom. The Kier molecular flexibility index (Phi) is 4.45. The summed E-state index contributed by atoms with van der Waals surface area (Å²) in [5.41, 5.74) is 2.16. The predicted molar refractivity (Wildman–Crippen MR) is 76.9 cm³/mol. The molecule has 0 radical (unpaired) electrons. The standard InChI is InChI=1S/C14H12ClNO2S/c1-9-2-4-11(6-12(9)14(17)18)19-8-10-3-5-13(15)16-7-10/h2-7H,8H2,1H3,(H,17,18). The fourth-order valence-electron chi connectivity index (χ4n) is 1.58. The van der Waals surface area contributed by atoms with E-state index in [4.69, 9.17) is 16.7 Å². The van der Waals surface area contributed by atoms with Crippen molar-refractivity contribution in [3.63, 3.8) is 0 Å². The first-order valence-corrected chi connectivity index (χ1v) is 7.00. The summed E-state index contributed by atoms with van der Waals surface area (Å²) in [6.07, 6.45) is 1.72. The van der Waals surface area contributed by atoms with Crippen LogP contribution in [-0.4, -0.2) is 16.1 Å². The molecule has 0 saturated carbocycles. The Morgan fingerprint density at radius 3 is 2.79 bits per heavy atom. The fraction of sp³-hybridized carbons (Fsp3) is 0.143. The molecule has 1 N–H and O–H groups in total. The van der Waals surface area contributed by atoms with Crippen LogP contribution in [0.3, 0.4) is 0 Å². The minimum Gasteiger partial charge on any atom is -0.478 e. The third-order valence-corrected chi connectivity index (χ3v) is 3.92. The van der Waals surface area contributed by atoms with Gasteiger partial charge in [-0.05, 0) is 36.2 Å². The summed E-state index contributed by atoms with van der Waals surface area (Å²) in [6, 6.07) is 9.11. The quantitative estimate of drug-likeness (QED) is 0.683. The van der Waals surface area contributed by atoms with Crippen LogP contribution in [0, 0.1) is 6.92 Å². The van der Waals surface area contributed by atoms with Gasteiger partial charge in [0.1, 0.15) is 5.15 Å². The van der Waals surface area contributed by atoms with E-state index in [1.54, 1.807) is 37.0 Å². The summed E-state index contributed by atoms with van der Waals surface area (Å²) in [6.45, 7) is 1.79. The molecule has 1 aromatic heterocycles. The van der Waals surface area contributed by atoms with Gasteiger partial charge in [-0.1, -0.05) is 23.7 Å². The first kappa shape index (κ1) is 13.9. The van der Waals surface area contributed by atoms with Crippen LogP contribution in [0.1, 0.15) is 21.5 Å².